The first-order chi connectivity index (χ1) is 5.97. The molecular formula is C6H8N2O3S2. The highest BCUT2D eigenvalue weighted by Gasteiger charge is 2.15. The number of nitrogens with one attached hydrogen (secondary N) is 1. The molecule has 0 aliphatic rings. The summed E-state index contributed by atoms with van der Waals surface area (Å²) < 4.78 is 24.6. The first-order valence-electron chi connectivity index (χ1n) is 3.29. The molecule has 7 heteroatoms. The van der Waals surface area contributed by atoms with Crippen molar-refractivity contribution in [3.05, 3.63) is 17.0 Å². The molecule has 5 nitrogen and oxygen atoms in total. The van der Waals surface area contributed by atoms with Crippen molar-refractivity contribution in [1.29, 1.82) is 0 Å². The van der Waals surface area contributed by atoms with E-state index in [1.807, 2.05) is 0 Å². The fourth-order valence-corrected chi connectivity index (χ4v) is 2.69. The van der Waals surface area contributed by atoms with Crippen LogP contribution >= 0.6 is 11.3 Å². The van der Waals surface area contributed by atoms with Gasteiger partial charge in [0, 0.05) is 5.38 Å². The number of rotatable bonds is 3. The van der Waals surface area contributed by atoms with Crippen molar-refractivity contribution in [3.8, 4) is 0 Å². The lowest BCUT2D eigenvalue weighted by Crippen LogP contribution is -2.17. The van der Waals surface area contributed by atoms with Crippen LogP contribution in [0.25, 0.3) is 0 Å². The van der Waals surface area contributed by atoms with Crippen LogP contribution in [0.2, 0.25) is 0 Å². The molecule has 0 saturated heterocycles. The van der Waals surface area contributed by atoms with E-state index in [1.54, 1.807) is 0 Å². The van der Waals surface area contributed by atoms with E-state index in [1.165, 1.54) is 18.5 Å². The third-order valence-corrected chi connectivity index (χ3v) is 4.25. The molecule has 1 heterocycles. The summed E-state index contributed by atoms with van der Waals surface area (Å²) in [5, 5.41) is 1.41. The molecule has 1 aromatic heterocycles. The third-order valence-electron chi connectivity index (χ3n) is 1.39. The number of thiophene rings is 1. The molecule has 0 aliphatic heterocycles. The van der Waals surface area contributed by atoms with Gasteiger partial charge in [0.25, 0.3) is 0 Å². The Balaban J connectivity index is 3.13. The maximum atomic E-state index is 11.2. The molecule has 0 fully saturated rings. The van der Waals surface area contributed by atoms with Crippen LogP contribution in [0.5, 0.6) is 0 Å². The van der Waals surface area contributed by atoms with Crippen LogP contribution in [-0.2, 0) is 10.0 Å². The molecule has 3 N–H and O–H groups in total. The van der Waals surface area contributed by atoms with Crippen LogP contribution in [0.15, 0.2) is 15.7 Å². The number of carbonyl (C=O) groups is 1. The summed E-state index contributed by atoms with van der Waals surface area (Å²) in [6.45, 7) is 0. The van der Waals surface area contributed by atoms with E-state index in [2.05, 4.69) is 4.72 Å². The highest BCUT2D eigenvalue weighted by atomic mass is 32.2. The highest BCUT2D eigenvalue weighted by molar-refractivity contribution is 7.91. The maximum absolute atomic E-state index is 11.2. The number of sulfonamides is 1. The van der Waals surface area contributed by atoms with Gasteiger partial charge >= 0.3 is 0 Å². The topological polar surface area (TPSA) is 89.3 Å². The van der Waals surface area contributed by atoms with Crippen molar-refractivity contribution in [1.82, 2.24) is 4.72 Å². The smallest absolute Gasteiger partial charge is 0.249 e. The number of primary amides is 1. The second-order valence-electron chi connectivity index (χ2n) is 2.23. The molecule has 0 saturated carbocycles. The summed E-state index contributed by atoms with van der Waals surface area (Å²) >= 11 is 0.958. The van der Waals surface area contributed by atoms with Crippen molar-refractivity contribution < 1.29 is 13.2 Å². The van der Waals surface area contributed by atoms with Gasteiger partial charge in [0.05, 0.1) is 5.56 Å². The largest absolute Gasteiger partial charge is 0.366 e. The molecule has 0 atom stereocenters. The third kappa shape index (κ3) is 2.06. The van der Waals surface area contributed by atoms with Gasteiger partial charge in [0.15, 0.2) is 0 Å². The lowest BCUT2D eigenvalue weighted by atomic mass is 10.3. The SMILES string of the molecule is CNS(=O)(=O)c1cc(C(N)=O)cs1. The summed E-state index contributed by atoms with van der Waals surface area (Å²) in [4.78, 5) is 10.6. The number of hydrogen-bond donors (Lipinski definition) is 2. The molecule has 72 valence electrons. The Hall–Kier alpha value is -0.920. The lowest BCUT2D eigenvalue weighted by molar-refractivity contribution is 0.100. The van der Waals surface area contributed by atoms with E-state index in [0.717, 1.165) is 11.3 Å². The van der Waals surface area contributed by atoms with Gasteiger partial charge in [0.2, 0.25) is 15.9 Å². The Morgan fingerprint density at radius 2 is 2.23 bits per heavy atom. The monoisotopic (exact) mass is 220 g/mol. The molecule has 13 heavy (non-hydrogen) atoms. The van der Waals surface area contributed by atoms with E-state index >= 15 is 0 Å². The van der Waals surface area contributed by atoms with Crippen molar-refractivity contribution in [3.63, 3.8) is 0 Å². The van der Waals surface area contributed by atoms with E-state index in [-0.39, 0.29) is 9.77 Å². The molecule has 0 unspecified atom stereocenters. The summed E-state index contributed by atoms with van der Waals surface area (Å²) in [6, 6.07) is 1.25. The van der Waals surface area contributed by atoms with Gasteiger partial charge in [-0.1, -0.05) is 0 Å². The van der Waals surface area contributed by atoms with E-state index < -0.39 is 15.9 Å². The van der Waals surface area contributed by atoms with E-state index in [4.69, 9.17) is 5.73 Å². The molecule has 0 aromatic carbocycles. The molecule has 1 rings (SSSR count). The van der Waals surface area contributed by atoms with Gasteiger partial charge in [-0.15, -0.1) is 11.3 Å². The van der Waals surface area contributed by atoms with Gasteiger partial charge in [-0.3, -0.25) is 4.79 Å². The zero-order chi connectivity index (χ0) is 10.1. The van der Waals surface area contributed by atoms with E-state index in [0.29, 0.717) is 0 Å². The first kappa shape index (κ1) is 10.2. The fourth-order valence-electron chi connectivity index (χ4n) is 0.687. The second-order valence-corrected chi connectivity index (χ2v) is 5.25. The lowest BCUT2D eigenvalue weighted by Gasteiger charge is -1.95. The van der Waals surface area contributed by atoms with Gasteiger partial charge < -0.3 is 5.73 Å². The van der Waals surface area contributed by atoms with E-state index in [9.17, 15) is 13.2 Å². The number of carbonyl (C=O) groups excluding carboxylic acids is 1. The standard InChI is InChI=1S/C6H8N2O3S2/c1-8-13(10,11)5-2-4(3-12-5)6(7)9/h2-3,8H,1H3,(H2,7,9). The average molecular weight is 220 g/mol. The van der Waals surface area contributed by atoms with Crippen LogP contribution in [-0.4, -0.2) is 21.4 Å². The Morgan fingerprint density at radius 1 is 1.62 bits per heavy atom. The molecule has 0 spiro atoms. The summed E-state index contributed by atoms with van der Waals surface area (Å²) in [7, 11) is -2.15. The molecular weight excluding hydrogens is 212 g/mol. The minimum absolute atomic E-state index is 0.0869. The van der Waals surface area contributed by atoms with Gasteiger partial charge in [-0.2, -0.15) is 0 Å². The van der Waals surface area contributed by atoms with Crippen LogP contribution in [0.4, 0.5) is 0 Å². The van der Waals surface area contributed by atoms with Crippen LogP contribution < -0.4 is 10.5 Å². The predicted octanol–water partition coefficient (Wildman–Crippen LogP) is -0.245. The van der Waals surface area contributed by atoms with Gasteiger partial charge in [-0.05, 0) is 13.1 Å². The van der Waals surface area contributed by atoms with Crippen molar-refractivity contribution in [2.45, 2.75) is 4.21 Å². The summed E-state index contributed by atoms with van der Waals surface area (Å²) in [5.74, 6) is -0.631. The Bertz CT molecular complexity index is 421. The number of nitrogens with two attached hydrogens (primary N) is 1. The molecule has 1 aromatic rings. The fraction of sp³-hybridized carbons (Fsp3) is 0.167. The minimum atomic E-state index is -3.45. The van der Waals surface area contributed by atoms with Gasteiger partial charge in [-0.25, -0.2) is 13.1 Å². The van der Waals surface area contributed by atoms with Crippen molar-refractivity contribution >= 4 is 27.3 Å². The Kier molecular flexibility index (Phi) is 2.69. The number of amides is 1. The van der Waals surface area contributed by atoms with Gasteiger partial charge in [0.1, 0.15) is 4.21 Å². The quantitative estimate of drug-likeness (QED) is 0.736. The Morgan fingerprint density at radius 3 is 2.62 bits per heavy atom. The highest BCUT2D eigenvalue weighted by Crippen LogP contribution is 2.19. The first-order valence-corrected chi connectivity index (χ1v) is 5.65. The Labute approximate surface area is 79.6 Å². The van der Waals surface area contributed by atoms with Crippen molar-refractivity contribution in [2.24, 2.45) is 5.73 Å². The molecule has 0 aliphatic carbocycles. The average Bonchev–Trinajstić information content (AvgIpc) is 2.52. The normalized spacial score (nSPS) is 11.5. The number of hydrogen-bond acceptors (Lipinski definition) is 4. The minimum Gasteiger partial charge on any atom is -0.366 e. The zero-order valence-electron chi connectivity index (χ0n) is 6.77. The second kappa shape index (κ2) is 3.44. The van der Waals surface area contributed by atoms with Crippen molar-refractivity contribution in [2.75, 3.05) is 7.05 Å². The van der Waals surface area contributed by atoms with Crippen LogP contribution in [0.1, 0.15) is 10.4 Å². The summed E-state index contributed by atoms with van der Waals surface area (Å²) in [5.41, 5.74) is 5.17. The molecule has 1 amide bonds. The maximum Gasteiger partial charge on any atom is 0.249 e. The van der Waals surface area contributed by atoms with Crippen LogP contribution in [0.3, 0.4) is 0 Å². The zero-order valence-corrected chi connectivity index (χ0v) is 8.41. The summed E-state index contributed by atoms with van der Waals surface area (Å²) in [6.07, 6.45) is 0. The molecule has 0 bridgehead atoms. The predicted molar refractivity (Wildman–Crippen MR) is 49.1 cm³/mol. The van der Waals surface area contributed by atoms with Crippen LogP contribution in [0, 0.1) is 0 Å². The molecule has 0 radical (unpaired) electrons.